The molecule has 1 amide bonds. The Hall–Kier alpha value is -0.770. The van der Waals surface area contributed by atoms with E-state index in [1.165, 1.54) is 25.7 Å². The summed E-state index contributed by atoms with van der Waals surface area (Å²) in [7, 11) is 0. The highest BCUT2D eigenvalue weighted by atomic mass is 16.6. The van der Waals surface area contributed by atoms with Gasteiger partial charge in [0.1, 0.15) is 5.60 Å². The van der Waals surface area contributed by atoms with Crippen LogP contribution in [0.15, 0.2) is 0 Å². The van der Waals surface area contributed by atoms with Crippen molar-refractivity contribution in [1.82, 2.24) is 10.2 Å². The Morgan fingerprint density at radius 2 is 1.75 bits per heavy atom. The fourth-order valence-corrected chi connectivity index (χ4v) is 3.25. The van der Waals surface area contributed by atoms with E-state index in [1.54, 1.807) is 0 Å². The summed E-state index contributed by atoms with van der Waals surface area (Å²) >= 11 is 0. The molecule has 4 nitrogen and oxygen atoms in total. The van der Waals surface area contributed by atoms with Crippen LogP contribution in [0.5, 0.6) is 0 Å². The molecule has 0 aromatic heterocycles. The van der Waals surface area contributed by atoms with Crippen LogP contribution in [0.1, 0.15) is 59.3 Å². The molecular weight excluding hydrogens is 252 g/mol. The standard InChI is InChI=1S/C16H30N2O2/c1-16(2,3)20-15(19)18(14-6-4-5-7-14)12-13-8-10-17-11-9-13/h13-14,17H,4-12H2,1-3H3. The molecule has 2 aliphatic rings. The number of carbonyl (C=O) groups is 1. The topological polar surface area (TPSA) is 41.6 Å². The van der Waals surface area contributed by atoms with Crippen LogP contribution < -0.4 is 5.32 Å². The highest BCUT2D eigenvalue weighted by Crippen LogP contribution is 2.27. The van der Waals surface area contributed by atoms with E-state index < -0.39 is 5.60 Å². The van der Waals surface area contributed by atoms with Crippen LogP contribution in [-0.2, 0) is 4.74 Å². The molecule has 0 aromatic rings. The van der Waals surface area contributed by atoms with E-state index in [0.717, 1.165) is 32.5 Å². The molecular formula is C16H30N2O2. The third-order valence-corrected chi connectivity index (χ3v) is 4.31. The zero-order chi connectivity index (χ0) is 14.6. The number of hydrogen-bond acceptors (Lipinski definition) is 3. The molecule has 1 heterocycles. The molecule has 20 heavy (non-hydrogen) atoms. The molecule has 4 heteroatoms. The monoisotopic (exact) mass is 282 g/mol. The third-order valence-electron chi connectivity index (χ3n) is 4.31. The number of piperidine rings is 1. The molecule has 0 radical (unpaired) electrons. The average molecular weight is 282 g/mol. The predicted octanol–water partition coefficient (Wildman–Crippen LogP) is 3.17. The van der Waals surface area contributed by atoms with Gasteiger partial charge in [-0.1, -0.05) is 12.8 Å². The molecule has 0 unspecified atom stereocenters. The molecule has 1 saturated heterocycles. The van der Waals surface area contributed by atoms with Crippen LogP contribution in [0, 0.1) is 5.92 Å². The van der Waals surface area contributed by atoms with Crippen molar-refractivity contribution in [2.45, 2.75) is 70.9 Å². The molecule has 0 bridgehead atoms. The van der Waals surface area contributed by atoms with E-state index in [4.69, 9.17) is 4.74 Å². The quantitative estimate of drug-likeness (QED) is 0.864. The zero-order valence-electron chi connectivity index (χ0n) is 13.3. The van der Waals surface area contributed by atoms with Gasteiger partial charge in [0.2, 0.25) is 0 Å². The minimum absolute atomic E-state index is 0.108. The normalized spacial score (nSPS) is 21.9. The van der Waals surface area contributed by atoms with Gasteiger partial charge in [0, 0.05) is 12.6 Å². The van der Waals surface area contributed by atoms with E-state index in [9.17, 15) is 4.79 Å². The zero-order valence-corrected chi connectivity index (χ0v) is 13.3. The van der Waals surface area contributed by atoms with Crippen molar-refractivity contribution >= 4 is 6.09 Å². The second kappa shape index (κ2) is 6.79. The Kier molecular flexibility index (Phi) is 5.30. The van der Waals surface area contributed by atoms with Crippen molar-refractivity contribution in [3.05, 3.63) is 0 Å². The largest absolute Gasteiger partial charge is 0.444 e. The number of ether oxygens (including phenoxy) is 1. The van der Waals surface area contributed by atoms with Gasteiger partial charge in [-0.2, -0.15) is 0 Å². The van der Waals surface area contributed by atoms with E-state index in [2.05, 4.69) is 5.32 Å². The molecule has 2 rings (SSSR count). The number of amides is 1. The minimum atomic E-state index is -0.401. The first-order valence-corrected chi connectivity index (χ1v) is 8.16. The molecule has 0 spiro atoms. The molecule has 0 aromatic carbocycles. The SMILES string of the molecule is CC(C)(C)OC(=O)N(CC1CCNCC1)C1CCCC1. The Morgan fingerprint density at radius 3 is 2.30 bits per heavy atom. The lowest BCUT2D eigenvalue weighted by atomic mass is 9.97. The van der Waals surface area contributed by atoms with E-state index in [0.29, 0.717) is 12.0 Å². The number of nitrogens with one attached hydrogen (secondary N) is 1. The summed E-state index contributed by atoms with van der Waals surface area (Å²) in [5.74, 6) is 0.629. The first kappa shape index (κ1) is 15.6. The van der Waals surface area contributed by atoms with Gasteiger partial charge in [-0.05, 0) is 65.5 Å². The molecule has 1 aliphatic heterocycles. The third kappa shape index (κ3) is 4.65. The number of carbonyl (C=O) groups excluding carboxylic acids is 1. The molecule has 2 fully saturated rings. The highest BCUT2D eigenvalue weighted by molar-refractivity contribution is 5.68. The summed E-state index contributed by atoms with van der Waals surface area (Å²) in [6.45, 7) is 8.88. The predicted molar refractivity (Wildman–Crippen MR) is 80.8 cm³/mol. The molecule has 1 aliphatic carbocycles. The van der Waals surface area contributed by atoms with Crippen LogP contribution >= 0.6 is 0 Å². The van der Waals surface area contributed by atoms with Crippen LogP contribution in [0.25, 0.3) is 0 Å². The van der Waals surface area contributed by atoms with Gasteiger partial charge in [-0.15, -0.1) is 0 Å². The van der Waals surface area contributed by atoms with Crippen LogP contribution in [0.2, 0.25) is 0 Å². The lowest BCUT2D eigenvalue weighted by Gasteiger charge is -2.35. The van der Waals surface area contributed by atoms with Crippen molar-refractivity contribution in [1.29, 1.82) is 0 Å². The fourth-order valence-electron chi connectivity index (χ4n) is 3.25. The van der Waals surface area contributed by atoms with Gasteiger partial charge < -0.3 is 15.0 Å². The summed E-state index contributed by atoms with van der Waals surface area (Å²) in [5, 5.41) is 3.39. The first-order valence-electron chi connectivity index (χ1n) is 8.16. The van der Waals surface area contributed by atoms with Crippen LogP contribution in [0.3, 0.4) is 0 Å². The Labute approximate surface area is 123 Å². The van der Waals surface area contributed by atoms with Gasteiger partial charge in [0.05, 0.1) is 0 Å². The first-order chi connectivity index (χ1) is 9.46. The number of hydrogen-bond donors (Lipinski definition) is 1. The minimum Gasteiger partial charge on any atom is -0.444 e. The Morgan fingerprint density at radius 1 is 1.15 bits per heavy atom. The maximum atomic E-state index is 12.5. The number of nitrogens with zero attached hydrogens (tertiary/aromatic N) is 1. The summed E-state index contributed by atoms with van der Waals surface area (Å²) in [4.78, 5) is 14.5. The summed E-state index contributed by atoms with van der Waals surface area (Å²) in [6, 6.07) is 0.403. The van der Waals surface area contributed by atoms with E-state index >= 15 is 0 Å². The molecule has 1 saturated carbocycles. The van der Waals surface area contributed by atoms with E-state index in [-0.39, 0.29) is 6.09 Å². The summed E-state index contributed by atoms with van der Waals surface area (Å²) in [5.41, 5.74) is -0.401. The lowest BCUT2D eigenvalue weighted by Crippen LogP contribution is -2.46. The highest BCUT2D eigenvalue weighted by Gasteiger charge is 2.32. The van der Waals surface area contributed by atoms with Crippen molar-refractivity contribution in [3.8, 4) is 0 Å². The van der Waals surface area contributed by atoms with Crippen molar-refractivity contribution in [2.75, 3.05) is 19.6 Å². The summed E-state index contributed by atoms with van der Waals surface area (Å²) in [6.07, 6.45) is 7.02. The maximum Gasteiger partial charge on any atom is 0.410 e. The van der Waals surface area contributed by atoms with Crippen LogP contribution in [0.4, 0.5) is 4.79 Å². The average Bonchev–Trinajstić information content (AvgIpc) is 2.88. The van der Waals surface area contributed by atoms with Crippen molar-refractivity contribution in [2.24, 2.45) is 5.92 Å². The van der Waals surface area contributed by atoms with Gasteiger partial charge in [-0.3, -0.25) is 0 Å². The lowest BCUT2D eigenvalue weighted by molar-refractivity contribution is 0.0117. The Balaban J connectivity index is 1.97. The van der Waals surface area contributed by atoms with Gasteiger partial charge in [0.25, 0.3) is 0 Å². The second-order valence-electron chi connectivity index (χ2n) is 7.26. The second-order valence-corrected chi connectivity index (χ2v) is 7.26. The summed E-state index contributed by atoms with van der Waals surface area (Å²) < 4.78 is 5.63. The smallest absolute Gasteiger partial charge is 0.410 e. The van der Waals surface area contributed by atoms with Gasteiger partial charge in [-0.25, -0.2) is 4.79 Å². The maximum absolute atomic E-state index is 12.5. The molecule has 116 valence electrons. The fraction of sp³-hybridized carbons (Fsp3) is 0.938. The van der Waals surface area contributed by atoms with Gasteiger partial charge in [0.15, 0.2) is 0 Å². The van der Waals surface area contributed by atoms with E-state index in [1.807, 2.05) is 25.7 Å². The Bertz CT molecular complexity index is 313. The van der Waals surface area contributed by atoms with Crippen LogP contribution in [-0.4, -0.2) is 42.3 Å². The molecule has 1 N–H and O–H groups in total. The number of rotatable bonds is 3. The van der Waals surface area contributed by atoms with Gasteiger partial charge >= 0.3 is 6.09 Å². The molecule has 0 atom stereocenters. The van der Waals surface area contributed by atoms with Crippen molar-refractivity contribution in [3.63, 3.8) is 0 Å². The van der Waals surface area contributed by atoms with Crippen molar-refractivity contribution < 1.29 is 9.53 Å².